The van der Waals surface area contributed by atoms with Crippen molar-refractivity contribution in [1.82, 2.24) is 9.80 Å². The Morgan fingerprint density at radius 3 is 2.88 bits per heavy atom. The van der Waals surface area contributed by atoms with Crippen LogP contribution < -0.4 is 4.74 Å². The van der Waals surface area contributed by atoms with E-state index >= 15 is 0 Å². The highest BCUT2D eigenvalue weighted by Crippen LogP contribution is 2.33. The molecule has 1 aromatic rings. The molecule has 0 aliphatic carbocycles. The van der Waals surface area contributed by atoms with Crippen LogP contribution in [0, 0.1) is 0 Å². The fourth-order valence-electron chi connectivity index (χ4n) is 3.02. The van der Waals surface area contributed by atoms with Gasteiger partial charge in [-0.3, -0.25) is 14.5 Å². The molecule has 1 aliphatic rings. The number of rotatable bonds is 7. The van der Waals surface area contributed by atoms with Crippen LogP contribution in [-0.4, -0.2) is 62.1 Å². The number of carbonyl (C=O) groups is 2. The lowest BCUT2D eigenvalue weighted by Gasteiger charge is -2.26. The number of hydrogen-bond donors (Lipinski definition) is 0. The summed E-state index contributed by atoms with van der Waals surface area (Å²) < 4.78 is 10.2. The van der Waals surface area contributed by atoms with E-state index in [1.165, 1.54) is 4.90 Å². The van der Waals surface area contributed by atoms with E-state index in [1.807, 2.05) is 18.2 Å². The van der Waals surface area contributed by atoms with Gasteiger partial charge in [-0.15, -0.1) is 0 Å². The van der Waals surface area contributed by atoms with Crippen molar-refractivity contribution in [3.05, 3.63) is 29.8 Å². The third-order valence-electron chi connectivity index (χ3n) is 4.28. The number of methoxy groups -OCH3 is 1. The Morgan fingerprint density at radius 2 is 2.17 bits per heavy atom. The minimum Gasteiger partial charge on any atom is -0.497 e. The number of nitrogens with zero attached hydrogens (tertiary/aromatic N) is 2. The second-order valence-electron chi connectivity index (χ2n) is 5.96. The van der Waals surface area contributed by atoms with Crippen LogP contribution in [0.4, 0.5) is 0 Å². The summed E-state index contributed by atoms with van der Waals surface area (Å²) >= 11 is 0. The number of benzene rings is 1. The Labute approximate surface area is 143 Å². The topological polar surface area (TPSA) is 59.1 Å². The van der Waals surface area contributed by atoms with E-state index in [-0.39, 0.29) is 24.5 Å². The molecule has 1 atom stereocenters. The number of likely N-dealkylation sites (N-methyl/N-ethyl adjacent to an activating group) is 1. The van der Waals surface area contributed by atoms with Crippen molar-refractivity contribution in [2.24, 2.45) is 0 Å². The molecule has 132 valence electrons. The Kier molecular flexibility index (Phi) is 6.61. The SMILES string of the molecule is CCOC(=O)CN(C)C(=O)CN1CCC[C@@H]1c1cccc(OC)c1. The van der Waals surface area contributed by atoms with Gasteiger partial charge in [-0.25, -0.2) is 0 Å². The molecular formula is C18H26N2O4. The van der Waals surface area contributed by atoms with Crippen LogP contribution >= 0.6 is 0 Å². The highest BCUT2D eigenvalue weighted by atomic mass is 16.5. The van der Waals surface area contributed by atoms with Crippen LogP contribution in [0.5, 0.6) is 5.75 Å². The van der Waals surface area contributed by atoms with Crippen molar-refractivity contribution in [3.63, 3.8) is 0 Å². The Balaban J connectivity index is 1.97. The van der Waals surface area contributed by atoms with E-state index in [4.69, 9.17) is 9.47 Å². The standard InChI is InChI=1S/C18H26N2O4/c1-4-24-18(22)13-19(2)17(21)12-20-10-6-9-16(20)14-7-5-8-15(11-14)23-3/h5,7-8,11,16H,4,6,9-10,12-13H2,1-3H3/t16-/m1/s1. The predicted octanol–water partition coefficient (Wildman–Crippen LogP) is 1.85. The summed E-state index contributed by atoms with van der Waals surface area (Å²) in [4.78, 5) is 27.5. The second kappa shape index (κ2) is 8.68. The van der Waals surface area contributed by atoms with E-state index in [0.29, 0.717) is 13.2 Å². The molecule has 24 heavy (non-hydrogen) atoms. The molecule has 1 aromatic carbocycles. The van der Waals surface area contributed by atoms with Gasteiger partial charge in [0, 0.05) is 13.1 Å². The minimum absolute atomic E-state index is 0.00958. The van der Waals surface area contributed by atoms with Crippen molar-refractivity contribution in [2.45, 2.75) is 25.8 Å². The first-order chi connectivity index (χ1) is 11.5. The first-order valence-corrected chi connectivity index (χ1v) is 8.32. The summed E-state index contributed by atoms with van der Waals surface area (Å²) in [6.07, 6.45) is 2.07. The van der Waals surface area contributed by atoms with Gasteiger partial charge in [-0.1, -0.05) is 12.1 Å². The molecule has 1 heterocycles. The molecule has 6 heteroatoms. The summed E-state index contributed by atoms with van der Waals surface area (Å²) in [6, 6.07) is 8.19. The van der Waals surface area contributed by atoms with E-state index in [1.54, 1.807) is 21.1 Å². The van der Waals surface area contributed by atoms with E-state index in [2.05, 4.69) is 11.0 Å². The molecule has 2 rings (SSSR count). The molecule has 0 spiro atoms. The van der Waals surface area contributed by atoms with Crippen molar-refractivity contribution < 1.29 is 19.1 Å². The first kappa shape index (κ1) is 18.3. The van der Waals surface area contributed by atoms with Crippen molar-refractivity contribution >= 4 is 11.9 Å². The molecule has 0 N–H and O–H groups in total. The van der Waals surface area contributed by atoms with E-state index in [0.717, 1.165) is 30.7 Å². The zero-order valence-electron chi connectivity index (χ0n) is 14.7. The van der Waals surface area contributed by atoms with Gasteiger partial charge in [-0.05, 0) is 44.0 Å². The van der Waals surface area contributed by atoms with Crippen LogP contribution in [0.1, 0.15) is 31.4 Å². The Morgan fingerprint density at radius 1 is 1.38 bits per heavy atom. The number of esters is 1. The monoisotopic (exact) mass is 334 g/mol. The second-order valence-corrected chi connectivity index (χ2v) is 5.96. The average Bonchev–Trinajstić information content (AvgIpc) is 3.03. The normalized spacial score (nSPS) is 17.5. The minimum atomic E-state index is -0.376. The van der Waals surface area contributed by atoms with Crippen molar-refractivity contribution in [2.75, 3.05) is 40.4 Å². The lowest BCUT2D eigenvalue weighted by Crippen LogP contribution is -2.40. The molecule has 1 amide bonds. The molecule has 1 aliphatic heterocycles. The van der Waals surface area contributed by atoms with Gasteiger partial charge in [0.15, 0.2) is 0 Å². The fourth-order valence-corrected chi connectivity index (χ4v) is 3.02. The van der Waals surface area contributed by atoms with Gasteiger partial charge in [0.2, 0.25) is 5.91 Å². The van der Waals surface area contributed by atoms with Gasteiger partial charge in [-0.2, -0.15) is 0 Å². The molecule has 6 nitrogen and oxygen atoms in total. The van der Waals surface area contributed by atoms with Crippen LogP contribution in [-0.2, 0) is 14.3 Å². The maximum Gasteiger partial charge on any atom is 0.325 e. The molecule has 0 aromatic heterocycles. The maximum atomic E-state index is 12.4. The zero-order chi connectivity index (χ0) is 17.5. The summed E-state index contributed by atoms with van der Waals surface area (Å²) in [6.45, 7) is 3.25. The van der Waals surface area contributed by atoms with E-state index in [9.17, 15) is 9.59 Å². The average molecular weight is 334 g/mol. The molecule has 1 saturated heterocycles. The Hall–Kier alpha value is -2.08. The van der Waals surface area contributed by atoms with Crippen LogP contribution in [0.2, 0.25) is 0 Å². The van der Waals surface area contributed by atoms with Crippen molar-refractivity contribution in [3.8, 4) is 5.75 Å². The predicted molar refractivity (Wildman–Crippen MR) is 90.8 cm³/mol. The lowest BCUT2D eigenvalue weighted by atomic mass is 10.0. The third-order valence-corrected chi connectivity index (χ3v) is 4.28. The number of hydrogen-bond acceptors (Lipinski definition) is 5. The molecule has 0 bridgehead atoms. The molecule has 0 unspecified atom stereocenters. The fraction of sp³-hybridized carbons (Fsp3) is 0.556. The smallest absolute Gasteiger partial charge is 0.325 e. The molecular weight excluding hydrogens is 308 g/mol. The quantitative estimate of drug-likeness (QED) is 0.712. The summed E-state index contributed by atoms with van der Waals surface area (Å²) in [5, 5.41) is 0. The lowest BCUT2D eigenvalue weighted by molar-refractivity contribution is -0.148. The van der Waals surface area contributed by atoms with Gasteiger partial charge < -0.3 is 14.4 Å². The third kappa shape index (κ3) is 4.71. The molecule has 0 radical (unpaired) electrons. The van der Waals surface area contributed by atoms with Crippen LogP contribution in [0.25, 0.3) is 0 Å². The highest BCUT2D eigenvalue weighted by Gasteiger charge is 2.29. The molecule has 0 saturated carbocycles. The zero-order valence-corrected chi connectivity index (χ0v) is 14.7. The van der Waals surface area contributed by atoms with Crippen molar-refractivity contribution in [1.29, 1.82) is 0 Å². The maximum absolute atomic E-state index is 12.4. The number of ether oxygens (including phenoxy) is 2. The summed E-state index contributed by atoms with van der Waals surface area (Å²) in [5.41, 5.74) is 1.16. The number of carbonyl (C=O) groups excluding carboxylic acids is 2. The Bertz CT molecular complexity index is 576. The summed E-state index contributed by atoms with van der Waals surface area (Å²) in [7, 11) is 3.29. The number of amides is 1. The number of likely N-dealkylation sites (tertiary alicyclic amines) is 1. The first-order valence-electron chi connectivity index (χ1n) is 8.32. The van der Waals surface area contributed by atoms with Crippen LogP contribution in [0.15, 0.2) is 24.3 Å². The van der Waals surface area contributed by atoms with Gasteiger partial charge in [0.05, 0.1) is 20.3 Å². The van der Waals surface area contributed by atoms with E-state index < -0.39 is 0 Å². The highest BCUT2D eigenvalue weighted by molar-refractivity contribution is 5.83. The van der Waals surface area contributed by atoms with Gasteiger partial charge in [0.1, 0.15) is 12.3 Å². The van der Waals surface area contributed by atoms with Gasteiger partial charge >= 0.3 is 5.97 Å². The van der Waals surface area contributed by atoms with Gasteiger partial charge in [0.25, 0.3) is 0 Å². The largest absolute Gasteiger partial charge is 0.497 e. The molecule has 1 fully saturated rings. The van der Waals surface area contributed by atoms with Crippen LogP contribution in [0.3, 0.4) is 0 Å². The summed E-state index contributed by atoms with van der Waals surface area (Å²) in [5.74, 6) is 0.377.